The molecule has 0 atom stereocenters. The number of ketones is 1. The predicted octanol–water partition coefficient (Wildman–Crippen LogP) is 3.05. The molecule has 0 unspecified atom stereocenters. The monoisotopic (exact) mass is 501 g/mol. The van der Waals surface area contributed by atoms with E-state index < -0.39 is 10.0 Å². The largest absolute Gasteiger partial charge is 0.497 e. The molecule has 1 aliphatic rings. The quantitative estimate of drug-likeness (QED) is 0.471. The van der Waals surface area contributed by atoms with Crippen molar-refractivity contribution in [1.29, 1.82) is 0 Å². The topological polar surface area (TPSA) is 70.2 Å². The number of carbonyl (C=O) groups excluding carboxylic acids is 1. The lowest BCUT2D eigenvalue weighted by Crippen LogP contribution is -2.35. The zero-order valence-electron chi connectivity index (χ0n) is 21.9. The second-order valence-electron chi connectivity index (χ2n) is 9.81. The summed E-state index contributed by atoms with van der Waals surface area (Å²) in [7, 11) is 3.58. The third kappa shape index (κ3) is 6.91. The molecule has 1 aliphatic heterocycles. The van der Waals surface area contributed by atoms with Crippen molar-refractivity contribution in [2.24, 2.45) is 0 Å². The van der Waals surface area contributed by atoms with Gasteiger partial charge in [0, 0.05) is 52.6 Å². The van der Waals surface area contributed by atoms with Crippen molar-refractivity contribution < 1.29 is 17.9 Å². The summed E-state index contributed by atoms with van der Waals surface area (Å²) in [5, 5.41) is 0. The molecule has 0 N–H and O–H groups in total. The summed E-state index contributed by atoms with van der Waals surface area (Å²) in [6.45, 7) is 7.76. The molecule has 35 heavy (non-hydrogen) atoms. The Hall–Kier alpha value is -2.26. The molecule has 0 saturated carbocycles. The minimum absolute atomic E-state index is 0.0404. The molecule has 3 rings (SSSR count). The summed E-state index contributed by atoms with van der Waals surface area (Å²) in [4.78, 5) is 17.7. The number of hydrogen-bond acceptors (Lipinski definition) is 6. The number of fused-ring (bicyclic) bond motifs is 1. The number of hydrogen-bond donors (Lipinski definition) is 0. The molecular formula is C27H39N3O4S. The van der Waals surface area contributed by atoms with Crippen LogP contribution in [0.1, 0.15) is 34.2 Å². The second kappa shape index (κ2) is 11.6. The van der Waals surface area contributed by atoms with Crippen molar-refractivity contribution in [3.8, 4) is 5.75 Å². The van der Waals surface area contributed by atoms with E-state index >= 15 is 0 Å². The first-order chi connectivity index (χ1) is 16.5. The standard InChI is InChI=1S/C27H39N3O4S/c1-20-15-26(34-6)16-21(2)27(20)35(32,33)29(5)11-10-25(31)18-22-7-8-24-19-30(14-13-28(3)4)12-9-23(24)17-22/h7-8,15-17H,9-14,18-19H2,1-6H3. The number of Topliss-reactive ketones (excluding diaryl/α,β-unsaturated/α-hetero) is 1. The summed E-state index contributed by atoms with van der Waals surface area (Å²) in [6, 6.07) is 9.77. The summed E-state index contributed by atoms with van der Waals surface area (Å²) in [5.41, 5.74) is 4.93. The summed E-state index contributed by atoms with van der Waals surface area (Å²) in [5.74, 6) is 0.668. The van der Waals surface area contributed by atoms with Crippen LogP contribution in [0.4, 0.5) is 0 Å². The molecule has 192 valence electrons. The summed E-state index contributed by atoms with van der Waals surface area (Å²) < 4.78 is 32.9. The van der Waals surface area contributed by atoms with Crippen LogP contribution >= 0.6 is 0 Å². The van der Waals surface area contributed by atoms with Gasteiger partial charge in [-0.1, -0.05) is 18.2 Å². The van der Waals surface area contributed by atoms with Gasteiger partial charge in [0.15, 0.2) is 0 Å². The molecule has 0 saturated heterocycles. The van der Waals surface area contributed by atoms with Gasteiger partial charge in [0.25, 0.3) is 0 Å². The Morgan fingerprint density at radius 1 is 1.03 bits per heavy atom. The molecule has 0 fully saturated rings. The van der Waals surface area contributed by atoms with Crippen LogP contribution < -0.4 is 4.74 Å². The van der Waals surface area contributed by atoms with E-state index in [1.807, 2.05) is 6.07 Å². The van der Waals surface area contributed by atoms with E-state index in [2.05, 4.69) is 36.0 Å². The van der Waals surface area contributed by atoms with Crippen molar-refractivity contribution in [2.75, 3.05) is 54.4 Å². The normalized spacial score (nSPS) is 14.4. The van der Waals surface area contributed by atoms with Crippen molar-refractivity contribution in [1.82, 2.24) is 14.1 Å². The van der Waals surface area contributed by atoms with Gasteiger partial charge in [-0.3, -0.25) is 9.69 Å². The van der Waals surface area contributed by atoms with Crippen LogP contribution in [-0.2, 0) is 34.2 Å². The number of ether oxygens (including phenoxy) is 1. The van der Waals surface area contributed by atoms with Crippen LogP contribution in [0.15, 0.2) is 35.2 Å². The van der Waals surface area contributed by atoms with Gasteiger partial charge >= 0.3 is 0 Å². The van der Waals surface area contributed by atoms with E-state index in [0.29, 0.717) is 23.3 Å². The molecule has 0 spiro atoms. The van der Waals surface area contributed by atoms with Crippen LogP contribution in [0.2, 0.25) is 0 Å². The Balaban J connectivity index is 1.58. The first kappa shape index (κ1) is 27.3. The molecule has 8 heteroatoms. The Morgan fingerprint density at radius 3 is 2.34 bits per heavy atom. The Labute approximate surface area is 210 Å². The lowest BCUT2D eigenvalue weighted by Gasteiger charge is -2.30. The Bertz CT molecular complexity index is 1140. The maximum atomic E-state index is 13.2. The summed E-state index contributed by atoms with van der Waals surface area (Å²) in [6.07, 6.45) is 1.50. The van der Waals surface area contributed by atoms with E-state index in [9.17, 15) is 13.2 Å². The SMILES string of the molecule is COc1cc(C)c(S(=O)(=O)N(C)CCC(=O)Cc2ccc3c(c2)CCN(CCN(C)C)C3)c(C)c1. The number of benzene rings is 2. The van der Waals surface area contributed by atoms with Gasteiger partial charge in [0.1, 0.15) is 11.5 Å². The lowest BCUT2D eigenvalue weighted by molar-refractivity contribution is -0.118. The number of nitrogens with zero attached hydrogens (tertiary/aromatic N) is 3. The molecule has 1 heterocycles. The van der Waals surface area contributed by atoms with Crippen LogP contribution in [-0.4, -0.2) is 82.7 Å². The average Bonchev–Trinajstić information content (AvgIpc) is 2.80. The molecule has 0 bridgehead atoms. The van der Waals surface area contributed by atoms with Crippen molar-refractivity contribution >= 4 is 15.8 Å². The fourth-order valence-corrected chi connectivity index (χ4v) is 6.19. The second-order valence-corrected chi connectivity index (χ2v) is 11.8. The highest BCUT2D eigenvalue weighted by Crippen LogP contribution is 2.28. The van der Waals surface area contributed by atoms with Crippen LogP contribution in [0.3, 0.4) is 0 Å². The molecular weight excluding hydrogens is 462 g/mol. The number of methoxy groups -OCH3 is 1. The zero-order chi connectivity index (χ0) is 25.8. The predicted molar refractivity (Wildman–Crippen MR) is 140 cm³/mol. The molecule has 2 aromatic rings. The van der Waals surface area contributed by atoms with Crippen LogP contribution in [0, 0.1) is 13.8 Å². The van der Waals surface area contributed by atoms with E-state index in [-0.39, 0.29) is 23.6 Å². The van der Waals surface area contributed by atoms with E-state index in [4.69, 9.17) is 4.74 Å². The fourth-order valence-electron chi connectivity index (χ4n) is 4.62. The van der Waals surface area contributed by atoms with E-state index in [1.165, 1.54) is 22.5 Å². The highest BCUT2D eigenvalue weighted by atomic mass is 32.2. The molecule has 0 aromatic heterocycles. The minimum atomic E-state index is -3.70. The van der Waals surface area contributed by atoms with Gasteiger partial charge < -0.3 is 9.64 Å². The van der Waals surface area contributed by atoms with Crippen molar-refractivity contribution in [3.05, 3.63) is 58.1 Å². The maximum Gasteiger partial charge on any atom is 0.243 e. The molecule has 7 nitrogen and oxygen atoms in total. The molecule has 0 amide bonds. The van der Waals surface area contributed by atoms with Gasteiger partial charge in [-0.2, -0.15) is 0 Å². The van der Waals surface area contributed by atoms with Gasteiger partial charge in [0.2, 0.25) is 10.0 Å². The number of rotatable bonds is 11. The number of carbonyl (C=O) groups is 1. The first-order valence-corrected chi connectivity index (χ1v) is 13.6. The summed E-state index contributed by atoms with van der Waals surface area (Å²) >= 11 is 0. The van der Waals surface area contributed by atoms with Crippen LogP contribution in [0.5, 0.6) is 5.75 Å². The van der Waals surface area contributed by atoms with Crippen molar-refractivity contribution in [2.45, 2.75) is 44.6 Å². The lowest BCUT2D eigenvalue weighted by atomic mass is 9.95. The number of likely N-dealkylation sites (N-methyl/N-ethyl adjacent to an activating group) is 1. The van der Waals surface area contributed by atoms with Gasteiger partial charge in [0.05, 0.1) is 12.0 Å². The number of sulfonamides is 1. The molecule has 0 radical (unpaired) electrons. The van der Waals surface area contributed by atoms with Gasteiger partial charge in [-0.25, -0.2) is 12.7 Å². The smallest absolute Gasteiger partial charge is 0.243 e. The van der Waals surface area contributed by atoms with Gasteiger partial charge in [-0.05, 0) is 74.3 Å². The van der Waals surface area contributed by atoms with E-state index in [1.54, 1.807) is 33.1 Å². The van der Waals surface area contributed by atoms with E-state index in [0.717, 1.165) is 38.2 Å². The average molecular weight is 502 g/mol. The number of aryl methyl sites for hydroxylation is 2. The highest BCUT2D eigenvalue weighted by Gasteiger charge is 2.26. The Morgan fingerprint density at radius 2 is 1.71 bits per heavy atom. The van der Waals surface area contributed by atoms with Crippen molar-refractivity contribution in [3.63, 3.8) is 0 Å². The fraction of sp³-hybridized carbons (Fsp3) is 0.519. The minimum Gasteiger partial charge on any atom is -0.497 e. The maximum absolute atomic E-state index is 13.2. The highest BCUT2D eigenvalue weighted by molar-refractivity contribution is 7.89. The zero-order valence-corrected chi connectivity index (χ0v) is 22.7. The van der Waals surface area contributed by atoms with Crippen LogP contribution in [0.25, 0.3) is 0 Å². The molecule has 2 aromatic carbocycles. The van der Waals surface area contributed by atoms with Gasteiger partial charge in [-0.15, -0.1) is 0 Å². The molecule has 0 aliphatic carbocycles. The third-order valence-electron chi connectivity index (χ3n) is 6.67. The Kier molecular flexibility index (Phi) is 9.10. The first-order valence-electron chi connectivity index (χ1n) is 12.1. The third-order valence-corrected chi connectivity index (χ3v) is 8.83.